The monoisotopic (exact) mass is 336 g/mol. The summed E-state index contributed by atoms with van der Waals surface area (Å²) >= 11 is 12.0. The molecule has 0 saturated carbocycles. The minimum absolute atomic E-state index is 0.382. The zero-order valence-electron chi connectivity index (χ0n) is 12.1. The van der Waals surface area contributed by atoms with Gasteiger partial charge in [-0.1, -0.05) is 46.6 Å². The summed E-state index contributed by atoms with van der Waals surface area (Å²) in [5.74, 6) is 1.35. The molecule has 1 aromatic heterocycles. The van der Waals surface area contributed by atoms with Crippen LogP contribution in [0.5, 0.6) is 0 Å². The summed E-state index contributed by atoms with van der Waals surface area (Å²) in [5, 5.41) is 8.61. The Bertz CT molecular complexity index is 640. The van der Waals surface area contributed by atoms with Crippen LogP contribution in [0.1, 0.15) is 36.5 Å². The number of halogens is 2. The fourth-order valence-electron chi connectivity index (χ4n) is 2.80. The molecule has 3 rings (SSSR count). The predicted octanol–water partition coefficient (Wildman–Crippen LogP) is 4.96. The molecular formula is C17H18Cl2N2O. The van der Waals surface area contributed by atoms with Crippen molar-refractivity contribution in [2.24, 2.45) is 0 Å². The third kappa shape index (κ3) is 3.92. The molecule has 0 saturated heterocycles. The Morgan fingerprint density at radius 2 is 2.00 bits per heavy atom. The highest BCUT2D eigenvalue weighted by Crippen LogP contribution is 2.29. The van der Waals surface area contributed by atoms with Gasteiger partial charge < -0.3 is 9.84 Å². The van der Waals surface area contributed by atoms with E-state index in [-0.39, 0.29) is 0 Å². The highest BCUT2D eigenvalue weighted by Gasteiger charge is 2.21. The molecule has 1 aliphatic carbocycles. The van der Waals surface area contributed by atoms with Gasteiger partial charge in [-0.25, -0.2) is 0 Å². The van der Waals surface area contributed by atoms with Crippen molar-refractivity contribution in [1.29, 1.82) is 0 Å². The number of rotatable bonds is 4. The minimum Gasteiger partial charge on any atom is -0.361 e. The van der Waals surface area contributed by atoms with Crippen LogP contribution in [0.25, 0.3) is 0 Å². The van der Waals surface area contributed by atoms with Crippen molar-refractivity contribution >= 4 is 23.2 Å². The first-order valence-corrected chi connectivity index (χ1v) is 8.21. The average Bonchev–Trinajstić information content (AvgIpc) is 2.95. The van der Waals surface area contributed by atoms with Crippen molar-refractivity contribution in [1.82, 2.24) is 10.5 Å². The second-order valence-corrected chi connectivity index (χ2v) is 6.43. The van der Waals surface area contributed by atoms with Crippen LogP contribution in [-0.2, 0) is 6.54 Å². The molecule has 22 heavy (non-hydrogen) atoms. The van der Waals surface area contributed by atoms with Crippen molar-refractivity contribution in [3.8, 4) is 0 Å². The van der Waals surface area contributed by atoms with Crippen molar-refractivity contribution in [3.05, 3.63) is 64.0 Å². The van der Waals surface area contributed by atoms with Crippen LogP contribution in [0.15, 0.2) is 47.1 Å². The molecule has 1 aliphatic rings. The lowest BCUT2D eigenvalue weighted by atomic mass is 9.95. The minimum atomic E-state index is 0.382. The van der Waals surface area contributed by atoms with Crippen LogP contribution in [0.3, 0.4) is 0 Å². The number of hydrogen-bond acceptors (Lipinski definition) is 3. The number of nitrogens with one attached hydrogen (secondary N) is 1. The zero-order valence-corrected chi connectivity index (χ0v) is 13.6. The Balaban J connectivity index is 1.61. The van der Waals surface area contributed by atoms with Crippen molar-refractivity contribution in [2.45, 2.75) is 37.8 Å². The maximum atomic E-state index is 6.06. The molecule has 116 valence electrons. The van der Waals surface area contributed by atoms with Gasteiger partial charge in [0.05, 0.1) is 16.2 Å². The maximum absolute atomic E-state index is 6.06. The standard InChI is InChI=1S/C17H18Cl2N2O/c18-15-6-5-12(9-16(15)19)11-20-14-4-2-1-3-13(10-14)17-7-8-21-22-17/h1-2,5-9,13-14,20H,3-4,10-11H2. The van der Waals surface area contributed by atoms with E-state index in [1.54, 1.807) is 6.20 Å². The van der Waals surface area contributed by atoms with E-state index in [1.807, 2.05) is 24.3 Å². The van der Waals surface area contributed by atoms with E-state index in [2.05, 4.69) is 22.6 Å². The van der Waals surface area contributed by atoms with Gasteiger partial charge in [0.2, 0.25) is 0 Å². The molecule has 0 spiro atoms. The van der Waals surface area contributed by atoms with Gasteiger partial charge in [0.1, 0.15) is 5.76 Å². The average molecular weight is 337 g/mol. The maximum Gasteiger partial charge on any atom is 0.140 e. The van der Waals surface area contributed by atoms with Gasteiger partial charge in [-0.05, 0) is 37.0 Å². The largest absolute Gasteiger partial charge is 0.361 e. The van der Waals surface area contributed by atoms with E-state index in [0.717, 1.165) is 37.1 Å². The first-order chi connectivity index (χ1) is 10.7. The van der Waals surface area contributed by atoms with Crippen molar-refractivity contribution in [3.63, 3.8) is 0 Å². The fourth-order valence-corrected chi connectivity index (χ4v) is 3.12. The summed E-state index contributed by atoms with van der Waals surface area (Å²) in [6, 6.07) is 8.12. The summed E-state index contributed by atoms with van der Waals surface area (Å²) in [4.78, 5) is 0. The highest BCUT2D eigenvalue weighted by atomic mass is 35.5. The molecular weight excluding hydrogens is 319 g/mol. The topological polar surface area (TPSA) is 38.1 Å². The van der Waals surface area contributed by atoms with Crippen molar-refractivity contribution in [2.75, 3.05) is 0 Å². The van der Waals surface area contributed by atoms with E-state index in [9.17, 15) is 0 Å². The second kappa shape index (κ2) is 7.32. The van der Waals surface area contributed by atoms with Crippen LogP contribution >= 0.6 is 23.2 Å². The number of aromatic nitrogens is 1. The van der Waals surface area contributed by atoms with Gasteiger partial charge in [0.15, 0.2) is 0 Å². The lowest BCUT2D eigenvalue weighted by Crippen LogP contribution is -2.29. The Hall–Kier alpha value is -1.29. The van der Waals surface area contributed by atoms with E-state index in [4.69, 9.17) is 27.7 Å². The molecule has 0 amide bonds. The zero-order chi connectivity index (χ0) is 15.4. The Kier molecular flexibility index (Phi) is 5.19. The second-order valence-electron chi connectivity index (χ2n) is 5.62. The Morgan fingerprint density at radius 3 is 2.77 bits per heavy atom. The lowest BCUT2D eigenvalue weighted by molar-refractivity contribution is 0.337. The quantitative estimate of drug-likeness (QED) is 0.801. The van der Waals surface area contributed by atoms with Crippen LogP contribution in [0.4, 0.5) is 0 Å². The predicted molar refractivity (Wildman–Crippen MR) is 89.3 cm³/mol. The Labute approximate surface area is 140 Å². The third-order valence-corrected chi connectivity index (χ3v) is 4.75. The summed E-state index contributed by atoms with van der Waals surface area (Å²) in [5.41, 5.74) is 1.14. The van der Waals surface area contributed by atoms with E-state index in [1.165, 1.54) is 0 Å². The van der Waals surface area contributed by atoms with Crippen LogP contribution in [0, 0.1) is 0 Å². The molecule has 2 unspecified atom stereocenters. The van der Waals surface area contributed by atoms with Gasteiger partial charge in [-0.2, -0.15) is 0 Å². The summed E-state index contributed by atoms with van der Waals surface area (Å²) in [7, 11) is 0. The highest BCUT2D eigenvalue weighted by molar-refractivity contribution is 6.42. The van der Waals surface area contributed by atoms with E-state index in [0.29, 0.717) is 22.0 Å². The van der Waals surface area contributed by atoms with Gasteiger partial charge in [0.25, 0.3) is 0 Å². The molecule has 5 heteroatoms. The van der Waals surface area contributed by atoms with E-state index < -0.39 is 0 Å². The molecule has 2 atom stereocenters. The molecule has 0 bridgehead atoms. The molecule has 0 fully saturated rings. The van der Waals surface area contributed by atoms with Crippen LogP contribution in [-0.4, -0.2) is 11.2 Å². The number of benzene rings is 1. The first kappa shape index (κ1) is 15.6. The molecule has 1 N–H and O–H groups in total. The molecule has 1 aromatic carbocycles. The van der Waals surface area contributed by atoms with Crippen LogP contribution in [0.2, 0.25) is 10.0 Å². The normalized spacial score (nSPS) is 21.7. The van der Waals surface area contributed by atoms with Crippen molar-refractivity contribution < 1.29 is 4.52 Å². The summed E-state index contributed by atoms with van der Waals surface area (Å²) in [6.07, 6.45) is 9.23. The smallest absolute Gasteiger partial charge is 0.140 e. The fraction of sp³-hybridized carbons (Fsp3) is 0.353. The summed E-state index contributed by atoms with van der Waals surface area (Å²) < 4.78 is 5.32. The molecule has 2 aromatic rings. The molecule has 3 nitrogen and oxygen atoms in total. The molecule has 1 heterocycles. The van der Waals surface area contributed by atoms with Gasteiger partial charge in [-0.3, -0.25) is 0 Å². The SMILES string of the molecule is Clc1ccc(CNC2CC=CCC(c3ccno3)C2)cc1Cl. The number of hydrogen-bond donors (Lipinski definition) is 1. The number of nitrogens with zero attached hydrogens (tertiary/aromatic N) is 1. The van der Waals surface area contributed by atoms with Gasteiger partial charge in [0, 0.05) is 24.6 Å². The van der Waals surface area contributed by atoms with Gasteiger partial charge in [-0.15, -0.1) is 0 Å². The Morgan fingerprint density at radius 1 is 1.14 bits per heavy atom. The lowest BCUT2D eigenvalue weighted by Gasteiger charge is -2.20. The molecule has 0 aliphatic heterocycles. The summed E-state index contributed by atoms with van der Waals surface area (Å²) in [6.45, 7) is 0.776. The van der Waals surface area contributed by atoms with Crippen LogP contribution < -0.4 is 5.32 Å². The van der Waals surface area contributed by atoms with E-state index >= 15 is 0 Å². The third-order valence-electron chi connectivity index (χ3n) is 4.02. The molecule has 0 radical (unpaired) electrons. The van der Waals surface area contributed by atoms with Gasteiger partial charge >= 0.3 is 0 Å². The number of allylic oxidation sites excluding steroid dienone is 1. The first-order valence-electron chi connectivity index (χ1n) is 7.45.